The molecule has 50 nitrogen and oxygen atoms in total. The minimum absolute atomic E-state index is 0.000271. The highest BCUT2D eigenvalue weighted by molar-refractivity contribution is 7.99. The van der Waals surface area contributed by atoms with Gasteiger partial charge in [-0.1, -0.05) is 20.8 Å². The lowest BCUT2D eigenvalue weighted by Crippen LogP contribution is -2.32. The number of carboxylic acids is 1. The molecule has 132 heavy (non-hydrogen) atoms. The lowest BCUT2D eigenvalue weighted by atomic mass is 9.78. The van der Waals surface area contributed by atoms with E-state index in [1.165, 1.54) is 21.8 Å². The summed E-state index contributed by atoms with van der Waals surface area (Å²) in [6.07, 6.45) is -2.35. The predicted molar refractivity (Wildman–Crippen MR) is 492 cm³/mol. The fourth-order valence-corrected chi connectivity index (χ4v) is 13.7. The van der Waals surface area contributed by atoms with Crippen molar-refractivity contribution in [2.24, 2.45) is 168 Å². The van der Waals surface area contributed by atoms with Crippen molar-refractivity contribution >= 4 is 164 Å². The maximum atomic E-state index is 15.0. The van der Waals surface area contributed by atoms with Gasteiger partial charge in [-0.05, 0) is 89.9 Å². The number of imidazole rings is 2. The van der Waals surface area contributed by atoms with Gasteiger partial charge in [0.05, 0.1) is 31.6 Å². The summed E-state index contributed by atoms with van der Waals surface area (Å²) in [6.45, 7) is 6.56. The van der Waals surface area contributed by atoms with Crippen LogP contribution in [0.1, 0.15) is 156 Å². The molecule has 55 heteroatoms. The number of aliphatic imine (C=N–C) groups is 7. The van der Waals surface area contributed by atoms with Gasteiger partial charge in [0.2, 0.25) is 17.8 Å². The van der Waals surface area contributed by atoms with Crippen molar-refractivity contribution in [3.63, 3.8) is 0 Å². The molecular weight excluding hydrogens is 1790 g/mol. The number of nitrogens with zero attached hydrogens (tertiary/aromatic N) is 13. The third-order valence-electron chi connectivity index (χ3n) is 19.2. The van der Waals surface area contributed by atoms with Crippen LogP contribution in [0.4, 0.5) is 25.1 Å². The van der Waals surface area contributed by atoms with Gasteiger partial charge in [-0.3, -0.25) is 112 Å². The van der Waals surface area contributed by atoms with E-state index < -0.39 is 142 Å². The number of guanidine groups is 7. The Bertz CT molecular complexity index is 4670. The number of hydrogen-bond acceptors (Lipinski definition) is 31. The monoisotopic (exact) mass is 1910 g/mol. The fraction of sp³-hybridized carbons (Fsp3) is 0.636. The van der Waals surface area contributed by atoms with Crippen LogP contribution in [0.5, 0.6) is 0 Å². The molecule has 0 fully saturated rings. The quantitative estimate of drug-likeness (QED) is 0.00720. The third-order valence-corrected chi connectivity index (χ3v) is 20.6. The highest BCUT2D eigenvalue weighted by Gasteiger charge is 2.39. The Kier molecular flexibility index (Phi) is 57.5. The Morgan fingerprint density at radius 3 is 0.932 bits per heavy atom. The van der Waals surface area contributed by atoms with Gasteiger partial charge < -0.3 is 122 Å². The van der Waals surface area contributed by atoms with Crippen LogP contribution in [0.15, 0.2) is 57.2 Å². The average Bonchev–Trinajstić information content (AvgIpc) is 1.66. The summed E-state index contributed by atoms with van der Waals surface area (Å²) in [5.74, 6) is -16.9. The van der Waals surface area contributed by atoms with Gasteiger partial charge in [-0.25, -0.2) is 14.8 Å². The largest absolute Gasteiger partial charge is 0.490 e. The van der Waals surface area contributed by atoms with Crippen LogP contribution >= 0.6 is 23.4 Å². The zero-order valence-corrected chi connectivity index (χ0v) is 75.9. The number of amides is 1. The van der Waals surface area contributed by atoms with Crippen molar-refractivity contribution in [2.45, 2.75) is 175 Å². The number of rotatable bonds is 65. The number of alkyl halides is 4. The molecule has 0 aliphatic heterocycles. The van der Waals surface area contributed by atoms with Crippen LogP contribution in [-0.2, 0) is 85.1 Å². The van der Waals surface area contributed by atoms with Gasteiger partial charge >= 0.3 is 24.1 Å². The second-order valence-corrected chi connectivity index (χ2v) is 31.0. The van der Waals surface area contributed by atoms with E-state index in [-0.39, 0.29) is 288 Å². The number of aromatic nitrogens is 8. The van der Waals surface area contributed by atoms with Crippen LogP contribution < -0.4 is 109 Å². The van der Waals surface area contributed by atoms with E-state index in [1.54, 1.807) is 6.92 Å². The Morgan fingerprint density at radius 1 is 0.432 bits per heavy atom. The van der Waals surface area contributed by atoms with Crippen molar-refractivity contribution < 1.29 is 90.0 Å². The van der Waals surface area contributed by atoms with Gasteiger partial charge in [0.15, 0.2) is 64.0 Å². The number of Topliss-reactive ketones (excluding diaryl/α,β-unsaturated/α-hetero) is 7. The number of ether oxygens (including phenoxy) is 4. The molecule has 0 aliphatic rings. The Balaban J connectivity index is 0.00000253. The number of aromatic amines is 2. The van der Waals surface area contributed by atoms with Gasteiger partial charge in [-0.2, -0.15) is 23.1 Å². The van der Waals surface area contributed by atoms with Crippen LogP contribution in [0.25, 0.3) is 22.3 Å². The summed E-state index contributed by atoms with van der Waals surface area (Å²) in [4.78, 5) is 220. The van der Waals surface area contributed by atoms with Crippen LogP contribution in [0.3, 0.4) is 0 Å². The standard InChI is InChI=1S/C63H111N27O12S.C10H12ClN5O4.C2HF3O2.C2H6/c1-36(32-103-33-51(98)102-24-23-101-35-90-34-87-52-54(90)88-63(79)89-55(52)100)44(91)25-37(9-2-16-80-56(65)66)45(92)26-38(10-3-17-81-57(67)68)46(93)27-39(11-4-18-82-58(69)70)47(94)28-40(12-5-19-83-59(71)72)48(95)29-41(13-6-20-84-60(73)74)49(96)30-42(14-7-21-85-61(75)76)50(97)31-43(53(64)99)15-8-22-86-62(77)78;11-3-6(17)20-2-1-19-5-16-4-13-7-8(16)14-10(12)15-9(7)18;3-2(4,5)1(6)7;1-2/h34,36-43H,2-33,35H2,1H3,(H2,64,99)(H4,65,66,80)(H4,67,68,81)(H4,69,70,82)(H4,71,72,83)(H4,73,74,84)(H4,75,76,85)(H4,77,78,86)(H3,79,88,89,100);4H,1-3,5H2,(H3,12,14,15,18);(H,6,7);1-2H3/t36-,37-,38-,39-,40-,41-,42-,43-;;;/m0.../s1. The lowest BCUT2D eigenvalue weighted by Gasteiger charge is -2.25. The molecule has 8 atom stereocenters. The van der Waals surface area contributed by atoms with Crippen molar-refractivity contribution in [2.75, 3.05) is 101 Å². The molecule has 0 saturated carbocycles. The molecule has 1 amide bonds. The van der Waals surface area contributed by atoms with Gasteiger partial charge in [0.25, 0.3) is 11.1 Å². The average molecular weight is 1920 g/mol. The van der Waals surface area contributed by atoms with Crippen LogP contribution in [-0.4, -0.2) is 246 Å². The number of hydrogen-bond donors (Lipinski definition) is 20. The number of carboxylic acid groups (broad SMARTS) is 1. The minimum atomic E-state index is -5.08. The number of nitrogens with two attached hydrogens (primary N) is 17. The molecule has 4 aromatic rings. The molecule has 4 aromatic heterocycles. The van der Waals surface area contributed by atoms with Crippen LogP contribution in [0, 0.1) is 47.3 Å². The summed E-state index contributed by atoms with van der Waals surface area (Å²) >= 11 is 6.41. The molecule has 0 unspecified atom stereocenters. The second-order valence-electron chi connectivity index (χ2n) is 29.7. The maximum Gasteiger partial charge on any atom is 0.490 e. The van der Waals surface area contributed by atoms with E-state index in [0.29, 0.717) is 12.1 Å². The Hall–Kier alpha value is -12.9. The van der Waals surface area contributed by atoms with Gasteiger partial charge in [-0.15, -0.1) is 23.4 Å². The number of carbonyl (C=O) groups is 11. The number of ketones is 7. The SMILES string of the molecule is CC.C[C@@H](CSCC(=O)OCCOCn1cnc2c(=O)[nH]c(N)nc21)C(=O)C[C@H](CCCN=C(N)N)C(=O)C[C@H](CCCN=C(N)N)C(=O)C[C@H](CCCN=C(N)N)C(=O)C[C@H](CCCN=C(N)N)C(=O)C[C@H](CCCN=C(N)N)C(=O)C[C@H](CCCN=C(N)N)C(=O)C[C@H](CCCN=C(N)N)C(N)=O.Nc1nc2c(ncn2COCCOC(=O)CCl)c(=O)[nH]1.O=C(O)C(F)(F)F. The fourth-order valence-electron chi connectivity index (χ4n) is 12.7. The highest BCUT2D eigenvalue weighted by Crippen LogP contribution is 2.32. The number of fused-ring (bicyclic) bond motifs is 2. The first-order valence-electron chi connectivity index (χ1n) is 42.0. The molecular formula is C77H130ClF3N32O18S. The van der Waals surface area contributed by atoms with E-state index in [1.807, 2.05) is 13.8 Å². The zero-order valence-electron chi connectivity index (χ0n) is 74.4. The molecule has 0 bridgehead atoms. The number of primary amides is 1. The van der Waals surface area contributed by atoms with Gasteiger partial charge in [0.1, 0.15) is 73.0 Å². The number of nitrogens with one attached hydrogen (secondary N) is 2. The summed E-state index contributed by atoms with van der Waals surface area (Å²) in [6, 6.07) is 0. The van der Waals surface area contributed by atoms with Crippen molar-refractivity contribution in [3.8, 4) is 0 Å². The first-order valence-corrected chi connectivity index (χ1v) is 43.7. The number of nitrogen functional groups attached to an aromatic ring is 2. The van der Waals surface area contributed by atoms with Crippen molar-refractivity contribution in [1.29, 1.82) is 0 Å². The third kappa shape index (κ3) is 50.9. The molecule has 0 saturated heterocycles. The Labute approximate surface area is 767 Å². The van der Waals surface area contributed by atoms with Crippen molar-refractivity contribution in [1.82, 2.24) is 39.0 Å². The van der Waals surface area contributed by atoms with E-state index >= 15 is 4.79 Å². The summed E-state index contributed by atoms with van der Waals surface area (Å²) in [5, 5.41) is 7.12. The summed E-state index contributed by atoms with van der Waals surface area (Å²) in [7, 11) is 0. The first-order chi connectivity index (χ1) is 62.3. The number of thioether (sulfide) groups is 1. The molecule has 0 spiro atoms. The maximum absolute atomic E-state index is 15.0. The molecule has 0 radical (unpaired) electrons. The lowest BCUT2D eigenvalue weighted by molar-refractivity contribution is -0.192. The Morgan fingerprint density at radius 2 is 0.682 bits per heavy atom. The van der Waals surface area contributed by atoms with E-state index in [4.69, 9.17) is 138 Å². The molecule has 0 aromatic carbocycles. The van der Waals surface area contributed by atoms with Crippen LogP contribution in [0.2, 0.25) is 0 Å². The van der Waals surface area contributed by atoms with E-state index in [2.05, 4.69) is 64.9 Å². The minimum Gasteiger partial charge on any atom is -0.475 e. The topological polar surface area (TPSA) is 901 Å². The predicted octanol–water partition coefficient (Wildman–Crippen LogP) is -2.41. The van der Waals surface area contributed by atoms with E-state index in [0.717, 1.165) is 11.8 Å². The number of aliphatic carboxylic acids is 1. The normalized spacial score (nSPS) is 12.8. The molecule has 740 valence electrons. The zero-order chi connectivity index (χ0) is 99.6. The number of H-pyrrole nitrogens is 2. The molecule has 4 heterocycles. The number of carbonyl (C=O) groups excluding carboxylic acids is 10. The summed E-state index contributed by atoms with van der Waals surface area (Å²) < 4.78 is 55.6. The van der Waals surface area contributed by atoms with Crippen molar-refractivity contribution in [3.05, 3.63) is 33.4 Å². The number of anilines is 2. The van der Waals surface area contributed by atoms with E-state index in [9.17, 15) is 65.9 Å². The second kappa shape index (κ2) is 64.8. The molecule has 37 N–H and O–H groups in total. The molecule has 0 aliphatic carbocycles. The highest BCUT2D eigenvalue weighted by atomic mass is 35.5. The summed E-state index contributed by atoms with van der Waals surface area (Å²) in [5.41, 5.74) is 95.2. The smallest absolute Gasteiger partial charge is 0.475 e. The van der Waals surface area contributed by atoms with Gasteiger partial charge in [0, 0.05) is 144 Å². The first kappa shape index (κ1) is 117. The number of halogens is 4. The molecule has 4 rings (SSSR count). The number of esters is 2.